The number of hydrogen-bond acceptors (Lipinski definition) is 6. The van der Waals surface area contributed by atoms with Crippen molar-refractivity contribution in [2.75, 3.05) is 5.32 Å². The van der Waals surface area contributed by atoms with Crippen LogP contribution in [-0.4, -0.2) is 31.4 Å². The molecule has 1 aromatic heterocycles. The second-order valence-electron chi connectivity index (χ2n) is 5.06. The highest BCUT2D eigenvalue weighted by atomic mass is 35.5. The van der Waals surface area contributed by atoms with Crippen LogP contribution in [0.5, 0.6) is 0 Å². The lowest BCUT2D eigenvalue weighted by molar-refractivity contribution is -0.115. The third kappa shape index (κ3) is 4.21. The third-order valence-corrected chi connectivity index (χ3v) is 4.32. The van der Waals surface area contributed by atoms with E-state index in [1.807, 2.05) is 19.9 Å². The fourth-order valence-electron chi connectivity index (χ4n) is 1.73. The number of hydrogen-bond donors (Lipinski definition) is 1. The monoisotopic (exact) mass is 350 g/mol. The smallest absolute Gasteiger partial charge is 0.237 e. The van der Waals surface area contributed by atoms with Crippen LogP contribution in [0.25, 0.3) is 0 Å². The molecule has 1 heterocycles. The first-order valence-corrected chi connectivity index (χ1v) is 8.13. The molecule has 2 aromatic rings. The van der Waals surface area contributed by atoms with Crippen LogP contribution in [0.2, 0.25) is 5.02 Å². The van der Waals surface area contributed by atoms with Crippen LogP contribution in [0.1, 0.15) is 32.4 Å². The standard InChI is InChI=1S/C14H15ClN6OS/c1-8(2)21-14(18-19-20-21)23-9(3)13(22)17-11-5-4-10(7-16)12(15)6-11/h4-6,8-9H,1-3H3,(H,17,22)/t9-/m0/s1. The molecular formula is C14H15ClN6OS. The van der Waals surface area contributed by atoms with Crippen LogP contribution < -0.4 is 5.32 Å². The molecule has 0 saturated heterocycles. The Labute approximate surface area is 143 Å². The van der Waals surface area contributed by atoms with E-state index in [0.29, 0.717) is 21.4 Å². The molecule has 0 aliphatic rings. The van der Waals surface area contributed by atoms with Gasteiger partial charge in [0, 0.05) is 5.69 Å². The summed E-state index contributed by atoms with van der Waals surface area (Å²) in [5, 5.41) is 23.6. The number of anilines is 1. The van der Waals surface area contributed by atoms with Crippen molar-refractivity contribution in [1.29, 1.82) is 5.26 Å². The molecule has 1 amide bonds. The number of carbonyl (C=O) groups excluding carboxylic acids is 1. The summed E-state index contributed by atoms with van der Waals surface area (Å²) in [6, 6.07) is 6.83. The Hall–Kier alpha value is -2.11. The number of amides is 1. The van der Waals surface area contributed by atoms with E-state index < -0.39 is 5.25 Å². The van der Waals surface area contributed by atoms with E-state index in [2.05, 4.69) is 20.8 Å². The molecule has 0 saturated carbocycles. The molecule has 0 aliphatic heterocycles. The summed E-state index contributed by atoms with van der Waals surface area (Å²) in [5.74, 6) is -0.200. The van der Waals surface area contributed by atoms with Gasteiger partial charge in [-0.25, -0.2) is 4.68 Å². The van der Waals surface area contributed by atoms with Crippen LogP contribution in [0.15, 0.2) is 23.4 Å². The minimum absolute atomic E-state index is 0.111. The number of benzene rings is 1. The van der Waals surface area contributed by atoms with E-state index in [9.17, 15) is 4.79 Å². The molecule has 7 nitrogen and oxygen atoms in total. The van der Waals surface area contributed by atoms with Gasteiger partial charge in [-0.3, -0.25) is 4.79 Å². The van der Waals surface area contributed by atoms with Gasteiger partial charge < -0.3 is 5.32 Å². The van der Waals surface area contributed by atoms with Crippen molar-refractivity contribution in [3.8, 4) is 6.07 Å². The van der Waals surface area contributed by atoms with Gasteiger partial charge >= 0.3 is 0 Å². The maximum atomic E-state index is 12.3. The summed E-state index contributed by atoms with van der Waals surface area (Å²) in [7, 11) is 0. The second-order valence-corrected chi connectivity index (χ2v) is 6.77. The average molecular weight is 351 g/mol. The zero-order valence-electron chi connectivity index (χ0n) is 12.8. The summed E-state index contributed by atoms with van der Waals surface area (Å²) in [4.78, 5) is 12.3. The molecule has 0 spiro atoms. The Bertz CT molecular complexity index is 754. The lowest BCUT2D eigenvalue weighted by Crippen LogP contribution is -2.23. The summed E-state index contributed by atoms with van der Waals surface area (Å²) in [5.41, 5.74) is 0.901. The Kier molecular flexibility index (Phi) is 5.58. The molecule has 1 atom stereocenters. The Morgan fingerprint density at radius 3 is 2.78 bits per heavy atom. The lowest BCUT2D eigenvalue weighted by Gasteiger charge is -2.13. The first-order chi connectivity index (χ1) is 10.9. The van der Waals surface area contributed by atoms with E-state index in [1.165, 1.54) is 11.8 Å². The van der Waals surface area contributed by atoms with Crippen molar-refractivity contribution >= 4 is 35.0 Å². The van der Waals surface area contributed by atoms with Crippen LogP contribution in [-0.2, 0) is 4.79 Å². The van der Waals surface area contributed by atoms with Gasteiger partial charge in [-0.05, 0) is 49.4 Å². The molecule has 23 heavy (non-hydrogen) atoms. The highest BCUT2D eigenvalue weighted by Gasteiger charge is 2.19. The van der Waals surface area contributed by atoms with E-state index in [0.717, 1.165) is 0 Å². The lowest BCUT2D eigenvalue weighted by atomic mass is 10.2. The first-order valence-electron chi connectivity index (χ1n) is 6.87. The molecule has 120 valence electrons. The molecule has 1 aromatic carbocycles. The van der Waals surface area contributed by atoms with Gasteiger partial charge in [0.1, 0.15) is 6.07 Å². The summed E-state index contributed by atoms with van der Waals surface area (Å²) < 4.78 is 1.66. The average Bonchev–Trinajstić information content (AvgIpc) is 2.95. The number of nitrogens with zero attached hydrogens (tertiary/aromatic N) is 5. The van der Waals surface area contributed by atoms with E-state index in [-0.39, 0.29) is 11.9 Å². The number of nitriles is 1. The van der Waals surface area contributed by atoms with Gasteiger partial charge in [-0.2, -0.15) is 5.26 Å². The van der Waals surface area contributed by atoms with Gasteiger partial charge in [0.15, 0.2) is 0 Å². The zero-order valence-corrected chi connectivity index (χ0v) is 14.4. The van der Waals surface area contributed by atoms with Crippen molar-refractivity contribution in [2.24, 2.45) is 0 Å². The fraction of sp³-hybridized carbons (Fsp3) is 0.357. The number of halogens is 1. The Morgan fingerprint density at radius 1 is 1.43 bits per heavy atom. The summed E-state index contributed by atoms with van der Waals surface area (Å²) in [6.45, 7) is 5.69. The largest absolute Gasteiger partial charge is 0.325 e. The van der Waals surface area contributed by atoms with E-state index in [1.54, 1.807) is 29.8 Å². The van der Waals surface area contributed by atoms with Gasteiger partial charge in [0.05, 0.1) is 21.9 Å². The maximum Gasteiger partial charge on any atom is 0.237 e. The zero-order chi connectivity index (χ0) is 17.0. The molecule has 0 aliphatic carbocycles. The molecule has 0 fully saturated rings. The number of tetrazole rings is 1. The van der Waals surface area contributed by atoms with Gasteiger partial charge in [0.2, 0.25) is 11.1 Å². The minimum Gasteiger partial charge on any atom is -0.325 e. The van der Waals surface area contributed by atoms with Crippen LogP contribution in [0.4, 0.5) is 5.69 Å². The third-order valence-electron chi connectivity index (χ3n) is 2.96. The van der Waals surface area contributed by atoms with Crippen LogP contribution in [0.3, 0.4) is 0 Å². The molecule has 1 N–H and O–H groups in total. The SMILES string of the molecule is CC(C)n1nnnc1S[C@@H](C)C(=O)Nc1ccc(C#N)c(Cl)c1. The first kappa shape index (κ1) is 17.2. The highest BCUT2D eigenvalue weighted by molar-refractivity contribution is 8.00. The van der Waals surface area contributed by atoms with Crippen molar-refractivity contribution in [1.82, 2.24) is 20.2 Å². The summed E-state index contributed by atoms with van der Waals surface area (Å²) in [6.07, 6.45) is 0. The predicted octanol–water partition coefficient (Wildman–Crippen LogP) is 2.90. The normalized spacial score (nSPS) is 12.0. The molecule has 0 radical (unpaired) electrons. The van der Waals surface area contributed by atoms with Crippen molar-refractivity contribution in [3.05, 3.63) is 28.8 Å². The van der Waals surface area contributed by atoms with Crippen molar-refractivity contribution in [3.63, 3.8) is 0 Å². The number of aromatic nitrogens is 4. The molecule has 0 bridgehead atoms. The van der Waals surface area contributed by atoms with Crippen molar-refractivity contribution < 1.29 is 4.79 Å². The molecule has 2 rings (SSSR count). The number of thioether (sulfide) groups is 1. The second kappa shape index (κ2) is 7.44. The van der Waals surface area contributed by atoms with Gasteiger partial charge in [-0.1, -0.05) is 23.4 Å². The van der Waals surface area contributed by atoms with Crippen LogP contribution in [0, 0.1) is 11.3 Å². The molecule has 0 unspecified atom stereocenters. The topological polar surface area (TPSA) is 96.5 Å². The number of rotatable bonds is 5. The maximum absolute atomic E-state index is 12.3. The van der Waals surface area contributed by atoms with E-state index in [4.69, 9.17) is 16.9 Å². The molecule has 9 heteroatoms. The Morgan fingerprint density at radius 2 is 2.17 bits per heavy atom. The quantitative estimate of drug-likeness (QED) is 0.833. The van der Waals surface area contributed by atoms with Gasteiger partial charge in [-0.15, -0.1) is 5.10 Å². The van der Waals surface area contributed by atoms with Crippen LogP contribution >= 0.6 is 23.4 Å². The van der Waals surface area contributed by atoms with Crippen molar-refractivity contribution in [2.45, 2.75) is 37.2 Å². The Balaban J connectivity index is 2.04. The number of nitrogens with one attached hydrogen (secondary N) is 1. The molecular weight excluding hydrogens is 336 g/mol. The predicted molar refractivity (Wildman–Crippen MR) is 88.3 cm³/mol. The highest BCUT2D eigenvalue weighted by Crippen LogP contribution is 2.25. The summed E-state index contributed by atoms with van der Waals surface area (Å²) >= 11 is 7.23. The minimum atomic E-state index is -0.395. The number of carbonyl (C=O) groups is 1. The van der Waals surface area contributed by atoms with E-state index >= 15 is 0 Å². The fourth-order valence-corrected chi connectivity index (χ4v) is 2.87. The van der Waals surface area contributed by atoms with Gasteiger partial charge in [0.25, 0.3) is 0 Å².